The van der Waals surface area contributed by atoms with Crippen LogP contribution in [0.3, 0.4) is 0 Å². The van der Waals surface area contributed by atoms with Crippen molar-refractivity contribution in [1.29, 1.82) is 5.26 Å². The Bertz CT molecular complexity index is 401. The van der Waals surface area contributed by atoms with Crippen LogP contribution < -0.4 is 5.32 Å². The Balaban J connectivity index is 2.74. The molecule has 3 nitrogen and oxygen atoms in total. The van der Waals surface area contributed by atoms with Gasteiger partial charge in [-0.2, -0.15) is 5.26 Å². The number of benzene rings is 1. The van der Waals surface area contributed by atoms with Crippen LogP contribution in [0.15, 0.2) is 23.1 Å². The maximum absolute atomic E-state index is 9.16. The van der Waals surface area contributed by atoms with Crippen molar-refractivity contribution < 1.29 is 4.74 Å². The fourth-order valence-electron chi connectivity index (χ4n) is 1.56. The molecule has 0 fully saturated rings. The highest BCUT2D eigenvalue weighted by Gasteiger charge is 2.08. The summed E-state index contributed by atoms with van der Waals surface area (Å²) >= 11 is 1.58. The van der Waals surface area contributed by atoms with Crippen LogP contribution in [0.4, 0.5) is 5.69 Å². The molecule has 1 aromatic rings. The van der Waals surface area contributed by atoms with Gasteiger partial charge in [0.15, 0.2) is 0 Å². The van der Waals surface area contributed by atoms with Crippen molar-refractivity contribution in [3.63, 3.8) is 0 Å². The SMILES string of the molecule is CCOC(C)CNc1cccc(SC)c1C#N. The quantitative estimate of drug-likeness (QED) is 0.788. The molecule has 0 bridgehead atoms. The van der Waals surface area contributed by atoms with Gasteiger partial charge in [0, 0.05) is 18.0 Å². The van der Waals surface area contributed by atoms with E-state index in [4.69, 9.17) is 10.00 Å². The molecule has 0 saturated heterocycles. The third-order valence-electron chi connectivity index (χ3n) is 2.39. The summed E-state index contributed by atoms with van der Waals surface area (Å²) in [6.07, 6.45) is 2.12. The van der Waals surface area contributed by atoms with Crippen molar-refractivity contribution in [2.45, 2.75) is 24.8 Å². The lowest BCUT2D eigenvalue weighted by Gasteiger charge is -2.15. The van der Waals surface area contributed by atoms with Crippen molar-refractivity contribution in [1.82, 2.24) is 0 Å². The van der Waals surface area contributed by atoms with E-state index in [0.717, 1.165) is 10.6 Å². The van der Waals surface area contributed by atoms with Crippen molar-refractivity contribution in [3.8, 4) is 6.07 Å². The normalized spacial score (nSPS) is 11.9. The molecule has 0 aliphatic heterocycles. The number of nitrogens with one attached hydrogen (secondary N) is 1. The first-order chi connectivity index (χ1) is 8.22. The number of nitriles is 1. The van der Waals surface area contributed by atoms with Gasteiger partial charge in [-0.1, -0.05) is 6.07 Å². The highest BCUT2D eigenvalue weighted by Crippen LogP contribution is 2.26. The van der Waals surface area contributed by atoms with Crippen molar-refractivity contribution in [3.05, 3.63) is 23.8 Å². The molecular weight excluding hydrogens is 232 g/mol. The van der Waals surface area contributed by atoms with Crippen molar-refractivity contribution in [2.75, 3.05) is 24.7 Å². The third kappa shape index (κ3) is 3.95. The molecule has 0 heterocycles. The van der Waals surface area contributed by atoms with Crippen LogP contribution in [0.2, 0.25) is 0 Å². The molecule has 17 heavy (non-hydrogen) atoms. The third-order valence-corrected chi connectivity index (χ3v) is 3.17. The predicted molar refractivity (Wildman–Crippen MR) is 72.5 cm³/mol. The van der Waals surface area contributed by atoms with E-state index < -0.39 is 0 Å². The Morgan fingerprint density at radius 3 is 2.88 bits per heavy atom. The van der Waals surface area contributed by atoms with Crippen LogP contribution in [0.1, 0.15) is 19.4 Å². The number of nitrogens with zero attached hydrogens (tertiary/aromatic N) is 1. The second-order valence-electron chi connectivity index (χ2n) is 3.64. The minimum absolute atomic E-state index is 0.143. The molecule has 0 amide bonds. The van der Waals surface area contributed by atoms with Crippen LogP contribution in [0, 0.1) is 11.3 Å². The molecule has 92 valence electrons. The number of anilines is 1. The Labute approximate surface area is 107 Å². The highest BCUT2D eigenvalue weighted by molar-refractivity contribution is 7.98. The number of rotatable bonds is 6. The topological polar surface area (TPSA) is 45.0 Å². The van der Waals surface area contributed by atoms with Crippen LogP contribution in [-0.2, 0) is 4.74 Å². The van der Waals surface area contributed by atoms with Gasteiger partial charge in [-0.05, 0) is 32.2 Å². The van der Waals surface area contributed by atoms with Crippen LogP contribution in [0.25, 0.3) is 0 Å². The lowest BCUT2D eigenvalue weighted by Crippen LogP contribution is -2.20. The fourth-order valence-corrected chi connectivity index (χ4v) is 2.14. The molecule has 1 unspecified atom stereocenters. The minimum Gasteiger partial charge on any atom is -0.381 e. The van der Waals surface area contributed by atoms with Gasteiger partial charge in [-0.15, -0.1) is 11.8 Å². The average Bonchev–Trinajstić information content (AvgIpc) is 2.36. The van der Waals surface area contributed by atoms with E-state index in [-0.39, 0.29) is 6.10 Å². The van der Waals surface area contributed by atoms with E-state index in [0.29, 0.717) is 18.7 Å². The molecule has 4 heteroatoms. The molecular formula is C13H18N2OS. The first kappa shape index (κ1) is 13.9. The maximum atomic E-state index is 9.16. The molecule has 1 aromatic carbocycles. The summed E-state index contributed by atoms with van der Waals surface area (Å²) in [6.45, 7) is 5.41. The maximum Gasteiger partial charge on any atom is 0.102 e. The fraction of sp³-hybridized carbons (Fsp3) is 0.462. The molecule has 1 N–H and O–H groups in total. The van der Waals surface area contributed by atoms with E-state index >= 15 is 0 Å². The minimum atomic E-state index is 0.143. The van der Waals surface area contributed by atoms with Crippen LogP contribution in [0.5, 0.6) is 0 Å². The van der Waals surface area contributed by atoms with E-state index in [1.807, 2.05) is 38.3 Å². The number of ether oxygens (including phenoxy) is 1. The number of hydrogen-bond acceptors (Lipinski definition) is 4. The summed E-state index contributed by atoms with van der Waals surface area (Å²) in [5.74, 6) is 0. The largest absolute Gasteiger partial charge is 0.381 e. The lowest BCUT2D eigenvalue weighted by atomic mass is 10.2. The molecule has 0 spiro atoms. The summed E-state index contributed by atoms with van der Waals surface area (Å²) in [5.41, 5.74) is 1.59. The van der Waals surface area contributed by atoms with Crippen LogP contribution >= 0.6 is 11.8 Å². The Kier molecular flexibility index (Phi) is 5.88. The van der Waals surface area contributed by atoms with Crippen LogP contribution in [-0.4, -0.2) is 25.5 Å². The average molecular weight is 250 g/mol. The monoisotopic (exact) mass is 250 g/mol. The number of thioether (sulfide) groups is 1. The second-order valence-corrected chi connectivity index (χ2v) is 4.49. The molecule has 0 radical (unpaired) electrons. The summed E-state index contributed by atoms with van der Waals surface area (Å²) in [7, 11) is 0. The van der Waals surface area contributed by atoms with E-state index in [2.05, 4.69) is 11.4 Å². The lowest BCUT2D eigenvalue weighted by molar-refractivity contribution is 0.0855. The summed E-state index contributed by atoms with van der Waals surface area (Å²) in [6, 6.07) is 8.09. The van der Waals surface area contributed by atoms with Gasteiger partial charge in [0.25, 0.3) is 0 Å². The zero-order valence-electron chi connectivity index (χ0n) is 10.5. The Morgan fingerprint density at radius 1 is 1.53 bits per heavy atom. The molecule has 0 aromatic heterocycles. The molecule has 1 atom stereocenters. The van der Waals surface area contributed by atoms with Gasteiger partial charge >= 0.3 is 0 Å². The molecule has 0 aliphatic rings. The number of hydrogen-bond donors (Lipinski definition) is 1. The van der Waals surface area contributed by atoms with Gasteiger partial charge in [0.2, 0.25) is 0 Å². The molecule has 0 saturated carbocycles. The van der Waals surface area contributed by atoms with E-state index in [1.165, 1.54) is 0 Å². The van der Waals surface area contributed by atoms with Gasteiger partial charge < -0.3 is 10.1 Å². The van der Waals surface area contributed by atoms with E-state index in [9.17, 15) is 0 Å². The summed E-state index contributed by atoms with van der Waals surface area (Å²) in [4.78, 5) is 1.00. The van der Waals surface area contributed by atoms with Gasteiger partial charge in [0.1, 0.15) is 6.07 Å². The van der Waals surface area contributed by atoms with Crippen molar-refractivity contribution in [2.24, 2.45) is 0 Å². The smallest absolute Gasteiger partial charge is 0.102 e. The second kappa shape index (κ2) is 7.21. The van der Waals surface area contributed by atoms with Crippen molar-refractivity contribution >= 4 is 17.4 Å². The Hall–Kier alpha value is -1.18. The molecule has 0 aliphatic carbocycles. The zero-order valence-corrected chi connectivity index (χ0v) is 11.3. The first-order valence-corrected chi connectivity index (χ1v) is 6.88. The van der Waals surface area contributed by atoms with Gasteiger partial charge in [-0.3, -0.25) is 0 Å². The van der Waals surface area contributed by atoms with E-state index in [1.54, 1.807) is 11.8 Å². The first-order valence-electron chi connectivity index (χ1n) is 5.65. The molecule has 1 rings (SSSR count). The standard InChI is InChI=1S/C13H18N2OS/c1-4-16-10(2)9-15-12-6-5-7-13(17-3)11(12)8-14/h5-7,10,15H,4,9H2,1-3H3. The summed E-state index contributed by atoms with van der Waals surface area (Å²) < 4.78 is 5.44. The van der Waals surface area contributed by atoms with Gasteiger partial charge in [0.05, 0.1) is 17.4 Å². The summed E-state index contributed by atoms with van der Waals surface area (Å²) in [5, 5.41) is 12.4. The van der Waals surface area contributed by atoms with Gasteiger partial charge in [-0.25, -0.2) is 0 Å². The zero-order chi connectivity index (χ0) is 12.7. The predicted octanol–water partition coefficient (Wildman–Crippen LogP) is 3.12. The highest BCUT2D eigenvalue weighted by atomic mass is 32.2. The Morgan fingerprint density at radius 2 is 2.29 bits per heavy atom.